The zero-order chi connectivity index (χ0) is 15.1. The lowest BCUT2D eigenvalue weighted by molar-refractivity contribution is 0.492. The molecule has 0 saturated heterocycles. The van der Waals surface area contributed by atoms with Crippen LogP contribution in [0.25, 0.3) is 0 Å². The molecule has 0 aromatic rings. The zero-order valence-corrected chi connectivity index (χ0v) is 14.1. The SMILES string of the molecule is C=C.C=CC.CC.CC.CCCCC(C)CC. The smallest absolute Gasteiger partial charge is 0.0445 e. The van der Waals surface area contributed by atoms with E-state index in [2.05, 4.69) is 40.5 Å². The van der Waals surface area contributed by atoms with Gasteiger partial charge in [-0.2, -0.15) is 0 Å². The molecule has 0 bridgehead atoms. The van der Waals surface area contributed by atoms with Crippen LogP contribution in [0.15, 0.2) is 25.8 Å². The summed E-state index contributed by atoms with van der Waals surface area (Å²) in [5, 5.41) is 0. The van der Waals surface area contributed by atoms with Gasteiger partial charge in [-0.25, -0.2) is 0 Å². The van der Waals surface area contributed by atoms with Gasteiger partial charge in [0, 0.05) is 0 Å². The summed E-state index contributed by atoms with van der Waals surface area (Å²) >= 11 is 0. The molecule has 0 radical (unpaired) electrons. The number of hydrogen-bond donors (Lipinski definition) is 0. The maximum atomic E-state index is 3.36. The summed E-state index contributed by atoms with van der Waals surface area (Å²) in [5.74, 6) is 0.954. The highest BCUT2D eigenvalue weighted by Crippen LogP contribution is 2.09. The van der Waals surface area contributed by atoms with E-state index < -0.39 is 0 Å². The predicted octanol–water partition coefficient (Wildman–Crippen LogP) is 7.27. The summed E-state index contributed by atoms with van der Waals surface area (Å²) in [6, 6.07) is 0. The number of hydrogen-bond acceptors (Lipinski definition) is 0. The molecule has 1 unspecified atom stereocenters. The Morgan fingerprint density at radius 1 is 1.00 bits per heavy atom. The highest BCUT2D eigenvalue weighted by atomic mass is 14.0. The molecular formula is C17H40. The van der Waals surface area contributed by atoms with Crippen LogP contribution in [0.4, 0.5) is 0 Å². The summed E-state index contributed by atoms with van der Waals surface area (Å²) in [6.07, 6.45) is 7.28. The van der Waals surface area contributed by atoms with Gasteiger partial charge in [-0.1, -0.05) is 80.2 Å². The Bertz CT molecular complexity index is 74.1. The minimum Gasteiger partial charge on any atom is -0.106 e. The average molecular weight is 245 g/mol. The van der Waals surface area contributed by atoms with E-state index in [4.69, 9.17) is 0 Å². The Morgan fingerprint density at radius 2 is 1.29 bits per heavy atom. The van der Waals surface area contributed by atoms with Gasteiger partial charge in [0.1, 0.15) is 0 Å². The minimum absolute atomic E-state index is 0.954. The molecule has 0 aromatic carbocycles. The highest BCUT2D eigenvalue weighted by Gasteiger charge is 1.94. The quantitative estimate of drug-likeness (QED) is 0.456. The lowest BCUT2D eigenvalue weighted by Gasteiger charge is -2.04. The van der Waals surface area contributed by atoms with Crippen LogP contribution in [-0.2, 0) is 0 Å². The van der Waals surface area contributed by atoms with Gasteiger partial charge in [-0.05, 0) is 12.8 Å². The first kappa shape index (κ1) is 30.0. The Balaban J connectivity index is -0.0000000448. The van der Waals surface area contributed by atoms with Crippen LogP contribution >= 0.6 is 0 Å². The number of allylic oxidation sites excluding steroid dienone is 1. The predicted molar refractivity (Wildman–Crippen MR) is 88.8 cm³/mol. The molecule has 0 aromatic heterocycles. The average Bonchev–Trinajstić information content (AvgIpc) is 2.43. The van der Waals surface area contributed by atoms with E-state index >= 15 is 0 Å². The third-order valence-electron chi connectivity index (χ3n) is 1.75. The molecule has 0 fully saturated rings. The third kappa shape index (κ3) is 93.7. The molecule has 0 saturated carbocycles. The first-order chi connectivity index (χ1) is 8.22. The number of rotatable bonds is 4. The summed E-state index contributed by atoms with van der Waals surface area (Å²) < 4.78 is 0. The molecule has 0 aliphatic rings. The molecular weight excluding hydrogens is 204 g/mol. The minimum atomic E-state index is 0.954. The molecule has 0 N–H and O–H groups in total. The van der Waals surface area contributed by atoms with E-state index in [1.807, 2.05) is 34.6 Å². The second-order valence-corrected chi connectivity index (χ2v) is 3.06. The summed E-state index contributed by atoms with van der Waals surface area (Å²) in [7, 11) is 0. The maximum absolute atomic E-state index is 3.36. The van der Waals surface area contributed by atoms with Gasteiger partial charge >= 0.3 is 0 Å². The van der Waals surface area contributed by atoms with E-state index in [9.17, 15) is 0 Å². The molecule has 108 valence electrons. The Hall–Kier alpha value is -0.520. The molecule has 0 heterocycles. The van der Waals surface area contributed by atoms with Gasteiger partial charge in [0.2, 0.25) is 0 Å². The molecule has 0 heteroatoms. The molecule has 1 atom stereocenters. The highest BCUT2D eigenvalue weighted by molar-refractivity contribution is 4.51. The van der Waals surface area contributed by atoms with Gasteiger partial charge in [-0.15, -0.1) is 19.7 Å². The number of unbranched alkanes of at least 4 members (excludes halogenated alkanes) is 1. The first-order valence-electron chi connectivity index (χ1n) is 7.29. The Labute approximate surface area is 113 Å². The first-order valence-corrected chi connectivity index (χ1v) is 7.29. The van der Waals surface area contributed by atoms with Gasteiger partial charge in [0.05, 0.1) is 0 Å². The zero-order valence-electron chi connectivity index (χ0n) is 14.1. The van der Waals surface area contributed by atoms with Crippen molar-refractivity contribution < 1.29 is 0 Å². The summed E-state index contributed by atoms with van der Waals surface area (Å²) in [5.41, 5.74) is 0. The molecule has 17 heavy (non-hydrogen) atoms. The van der Waals surface area contributed by atoms with Gasteiger partial charge in [0.15, 0.2) is 0 Å². The van der Waals surface area contributed by atoms with Crippen molar-refractivity contribution in [2.24, 2.45) is 5.92 Å². The van der Waals surface area contributed by atoms with Crippen LogP contribution in [0.2, 0.25) is 0 Å². The topological polar surface area (TPSA) is 0 Å². The molecule has 0 aliphatic carbocycles. The fourth-order valence-corrected chi connectivity index (χ4v) is 0.757. The van der Waals surface area contributed by atoms with Gasteiger partial charge in [-0.3, -0.25) is 0 Å². The Morgan fingerprint density at radius 3 is 1.47 bits per heavy atom. The third-order valence-corrected chi connectivity index (χ3v) is 1.75. The Kier molecular flexibility index (Phi) is 102. The maximum Gasteiger partial charge on any atom is -0.0445 e. The molecule has 0 rings (SSSR count). The largest absolute Gasteiger partial charge is 0.106 e. The normalized spacial score (nSPS) is 8.24. The van der Waals surface area contributed by atoms with Crippen molar-refractivity contribution in [1.29, 1.82) is 0 Å². The standard InChI is InChI=1S/C8H18.C3H6.2C2H6.C2H4/c1-4-6-7-8(3)5-2;1-3-2;3*1-2/h8H,4-7H2,1-3H3;3H,1H2,2H3;2*1-2H3;1-2H2. The fourth-order valence-electron chi connectivity index (χ4n) is 0.757. The summed E-state index contributed by atoms with van der Waals surface area (Å²) in [6.45, 7) is 26.1. The van der Waals surface area contributed by atoms with Crippen molar-refractivity contribution in [2.45, 2.75) is 81.1 Å². The lowest BCUT2D eigenvalue weighted by Crippen LogP contribution is -1.89. The van der Waals surface area contributed by atoms with Crippen LogP contribution in [0.1, 0.15) is 81.1 Å². The van der Waals surface area contributed by atoms with Crippen LogP contribution in [-0.4, -0.2) is 0 Å². The van der Waals surface area contributed by atoms with E-state index in [0.29, 0.717) is 0 Å². The van der Waals surface area contributed by atoms with Crippen molar-refractivity contribution in [3.05, 3.63) is 25.8 Å². The van der Waals surface area contributed by atoms with Crippen LogP contribution in [0, 0.1) is 5.92 Å². The second kappa shape index (κ2) is 58.0. The molecule has 0 spiro atoms. The van der Waals surface area contributed by atoms with Crippen molar-refractivity contribution in [3.63, 3.8) is 0 Å². The van der Waals surface area contributed by atoms with Crippen molar-refractivity contribution in [3.8, 4) is 0 Å². The molecule has 0 nitrogen and oxygen atoms in total. The van der Waals surface area contributed by atoms with Crippen molar-refractivity contribution in [2.75, 3.05) is 0 Å². The molecule has 0 amide bonds. The molecule has 0 aliphatic heterocycles. The second-order valence-electron chi connectivity index (χ2n) is 3.06. The van der Waals surface area contributed by atoms with E-state index in [0.717, 1.165) is 5.92 Å². The van der Waals surface area contributed by atoms with Gasteiger partial charge < -0.3 is 0 Å². The van der Waals surface area contributed by atoms with Crippen LogP contribution < -0.4 is 0 Å². The monoisotopic (exact) mass is 244 g/mol. The lowest BCUT2D eigenvalue weighted by atomic mass is 10.0. The van der Waals surface area contributed by atoms with E-state index in [-0.39, 0.29) is 0 Å². The van der Waals surface area contributed by atoms with Crippen molar-refractivity contribution >= 4 is 0 Å². The van der Waals surface area contributed by atoms with Crippen molar-refractivity contribution in [1.82, 2.24) is 0 Å². The summed E-state index contributed by atoms with van der Waals surface area (Å²) in [4.78, 5) is 0. The fraction of sp³-hybridized carbons (Fsp3) is 0.765. The van der Waals surface area contributed by atoms with Gasteiger partial charge in [0.25, 0.3) is 0 Å². The van der Waals surface area contributed by atoms with E-state index in [1.165, 1.54) is 25.7 Å². The van der Waals surface area contributed by atoms with Crippen LogP contribution in [0.5, 0.6) is 0 Å². The van der Waals surface area contributed by atoms with Crippen LogP contribution in [0.3, 0.4) is 0 Å². The van der Waals surface area contributed by atoms with E-state index in [1.54, 1.807) is 6.08 Å².